The Hall–Kier alpha value is -3.84. The van der Waals surface area contributed by atoms with Gasteiger partial charge in [0, 0.05) is 36.8 Å². The van der Waals surface area contributed by atoms with Crippen LogP contribution in [0.2, 0.25) is 0 Å². The predicted molar refractivity (Wildman–Crippen MR) is 126 cm³/mol. The third-order valence-corrected chi connectivity index (χ3v) is 7.66. The summed E-state index contributed by atoms with van der Waals surface area (Å²) in [6.07, 6.45) is 0. The van der Waals surface area contributed by atoms with Crippen molar-refractivity contribution in [1.29, 1.82) is 0 Å². The number of carbonyl (C=O) groups excluding carboxylic acids is 2. The van der Waals surface area contributed by atoms with Gasteiger partial charge in [0.25, 0.3) is 5.91 Å². The molecule has 0 unspecified atom stereocenters. The van der Waals surface area contributed by atoms with Crippen molar-refractivity contribution in [1.82, 2.24) is 4.90 Å². The lowest BCUT2D eigenvalue weighted by molar-refractivity contribution is -0.135. The third-order valence-electron chi connectivity index (χ3n) is 7.66. The molecule has 7 heteroatoms. The molecule has 3 aliphatic heterocycles. The highest BCUT2D eigenvalue weighted by molar-refractivity contribution is 6.18. The maximum atomic E-state index is 14.4. The zero-order chi connectivity index (χ0) is 23.8. The number of carbonyl (C=O) groups is 2. The van der Waals surface area contributed by atoms with Crippen molar-refractivity contribution < 1.29 is 24.2 Å². The average Bonchev–Trinajstić information content (AvgIpc) is 3.38. The molecule has 0 bridgehead atoms. The molecule has 1 saturated heterocycles. The first-order chi connectivity index (χ1) is 16.4. The van der Waals surface area contributed by atoms with Crippen LogP contribution in [-0.4, -0.2) is 55.0 Å². The molecule has 3 aromatic carbocycles. The topological polar surface area (TPSA) is 79.3 Å². The van der Waals surface area contributed by atoms with E-state index in [4.69, 9.17) is 9.47 Å². The number of anilines is 1. The van der Waals surface area contributed by atoms with E-state index in [1.165, 1.54) is 12.1 Å². The Morgan fingerprint density at radius 3 is 2.50 bits per heavy atom. The SMILES string of the molecule is COc1ccc([C@@H]2CN(C)[C@]3(C(=O)N(C)c4ccccc43)[C@]23Oc2cc(O)ccc2C3=O)cc1. The Kier molecular flexibility index (Phi) is 4.17. The van der Waals surface area contributed by atoms with Crippen LogP contribution in [0.3, 0.4) is 0 Å². The van der Waals surface area contributed by atoms with Gasteiger partial charge in [-0.25, -0.2) is 0 Å². The lowest BCUT2D eigenvalue weighted by Crippen LogP contribution is -2.65. The van der Waals surface area contributed by atoms with Gasteiger partial charge in [0.05, 0.1) is 12.7 Å². The molecule has 3 heterocycles. The van der Waals surface area contributed by atoms with Crippen LogP contribution in [0.15, 0.2) is 66.7 Å². The summed E-state index contributed by atoms with van der Waals surface area (Å²) in [5.74, 6) is 0.0729. The van der Waals surface area contributed by atoms with Crippen LogP contribution in [0, 0.1) is 0 Å². The second-order valence-corrected chi connectivity index (χ2v) is 9.15. The highest BCUT2D eigenvalue weighted by atomic mass is 16.5. The highest BCUT2D eigenvalue weighted by Gasteiger charge is 2.78. The zero-order valence-corrected chi connectivity index (χ0v) is 19.1. The van der Waals surface area contributed by atoms with E-state index < -0.39 is 17.1 Å². The number of ether oxygens (including phenoxy) is 2. The molecular weight excluding hydrogens is 432 g/mol. The fraction of sp³-hybridized carbons (Fsp3) is 0.259. The molecule has 0 aliphatic carbocycles. The first-order valence-electron chi connectivity index (χ1n) is 11.2. The summed E-state index contributed by atoms with van der Waals surface area (Å²) in [6.45, 7) is 0.423. The van der Waals surface area contributed by atoms with Crippen molar-refractivity contribution >= 4 is 17.4 Å². The summed E-state index contributed by atoms with van der Waals surface area (Å²) in [6, 6.07) is 19.6. The number of ketones is 1. The van der Waals surface area contributed by atoms with Gasteiger partial charge < -0.3 is 19.5 Å². The Bertz CT molecular complexity index is 1350. The molecule has 34 heavy (non-hydrogen) atoms. The largest absolute Gasteiger partial charge is 0.508 e. The van der Waals surface area contributed by atoms with Crippen LogP contribution in [0.25, 0.3) is 0 Å². The molecule has 1 amide bonds. The summed E-state index contributed by atoms with van der Waals surface area (Å²) in [5, 5.41) is 10.1. The summed E-state index contributed by atoms with van der Waals surface area (Å²) in [4.78, 5) is 32.1. The number of methoxy groups -OCH3 is 1. The minimum Gasteiger partial charge on any atom is -0.508 e. The number of aromatic hydroxyl groups is 1. The van der Waals surface area contributed by atoms with E-state index in [1.54, 1.807) is 25.1 Å². The van der Waals surface area contributed by atoms with E-state index in [2.05, 4.69) is 0 Å². The summed E-state index contributed by atoms with van der Waals surface area (Å²) < 4.78 is 12.0. The second kappa shape index (κ2) is 6.84. The fourth-order valence-corrected chi connectivity index (χ4v) is 6.19. The van der Waals surface area contributed by atoms with Crippen LogP contribution in [0.1, 0.15) is 27.4 Å². The predicted octanol–water partition coefficient (Wildman–Crippen LogP) is 3.32. The number of benzene rings is 3. The summed E-state index contributed by atoms with van der Waals surface area (Å²) in [5.41, 5.74) is -0.185. The second-order valence-electron chi connectivity index (χ2n) is 9.15. The quantitative estimate of drug-likeness (QED) is 0.638. The van der Waals surface area contributed by atoms with Gasteiger partial charge in [0.1, 0.15) is 17.2 Å². The number of hydrogen-bond donors (Lipinski definition) is 1. The van der Waals surface area contributed by atoms with Gasteiger partial charge in [0.2, 0.25) is 11.4 Å². The van der Waals surface area contributed by atoms with Crippen LogP contribution >= 0.6 is 0 Å². The van der Waals surface area contributed by atoms with Crippen molar-refractivity contribution in [3.8, 4) is 17.2 Å². The highest BCUT2D eigenvalue weighted by Crippen LogP contribution is 2.63. The van der Waals surface area contributed by atoms with E-state index in [0.717, 1.165) is 16.8 Å². The first-order valence-corrected chi connectivity index (χ1v) is 11.2. The molecule has 3 atom stereocenters. The molecule has 0 saturated carbocycles. The summed E-state index contributed by atoms with van der Waals surface area (Å²) >= 11 is 0. The maximum absolute atomic E-state index is 14.4. The van der Waals surface area contributed by atoms with Gasteiger partial charge in [0.15, 0.2) is 5.54 Å². The van der Waals surface area contributed by atoms with Crippen LogP contribution in [-0.2, 0) is 10.3 Å². The third kappa shape index (κ3) is 2.25. The fourth-order valence-electron chi connectivity index (χ4n) is 6.19. The van der Waals surface area contributed by atoms with E-state index in [9.17, 15) is 14.7 Å². The van der Waals surface area contributed by atoms with Gasteiger partial charge in [-0.05, 0) is 42.9 Å². The lowest BCUT2D eigenvalue weighted by atomic mass is 9.67. The van der Waals surface area contributed by atoms with E-state index in [0.29, 0.717) is 17.9 Å². The van der Waals surface area contributed by atoms with Crippen LogP contribution in [0.4, 0.5) is 5.69 Å². The Morgan fingerprint density at radius 1 is 1.03 bits per heavy atom. The number of hydrogen-bond acceptors (Lipinski definition) is 6. The van der Waals surface area contributed by atoms with Crippen molar-refractivity contribution in [3.63, 3.8) is 0 Å². The molecule has 0 aromatic heterocycles. The number of phenolic OH excluding ortho intramolecular Hbond substituents is 1. The normalized spacial score (nSPS) is 27.4. The van der Waals surface area contributed by atoms with Crippen molar-refractivity contribution in [2.75, 3.05) is 32.6 Å². The van der Waals surface area contributed by atoms with E-state index in [1.807, 2.05) is 60.5 Å². The van der Waals surface area contributed by atoms with Crippen LogP contribution in [0.5, 0.6) is 17.2 Å². The number of nitrogens with zero attached hydrogens (tertiary/aromatic N) is 2. The van der Waals surface area contributed by atoms with Crippen molar-refractivity contribution in [2.45, 2.75) is 17.1 Å². The molecule has 0 radical (unpaired) electrons. The average molecular weight is 456 g/mol. The number of likely N-dealkylation sites (N-methyl/N-ethyl adjacent to an activating group) is 2. The minimum atomic E-state index is -1.55. The van der Waals surface area contributed by atoms with Crippen molar-refractivity contribution in [3.05, 3.63) is 83.4 Å². The van der Waals surface area contributed by atoms with Gasteiger partial charge in [-0.3, -0.25) is 14.5 Å². The molecular formula is C27H24N2O5. The van der Waals surface area contributed by atoms with E-state index in [-0.39, 0.29) is 23.2 Å². The number of fused-ring (bicyclic) bond motifs is 4. The maximum Gasteiger partial charge on any atom is 0.256 e. The van der Waals surface area contributed by atoms with E-state index >= 15 is 0 Å². The minimum absolute atomic E-state index is 0.000246. The molecule has 6 rings (SSSR count). The number of amides is 1. The molecule has 1 fully saturated rings. The Balaban J connectivity index is 1.66. The van der Waals surface area contributed by atoms with Crippen molar-refractivity contribution in [2.24, 2.45) is 0 Å². The molecule has 3 aliphatic rings. The molecule has 7 nitrogen and oxygen atoms in total. The summed E-state index contributed by atoms with van der Waals surface area (Å²) in [7, 11) is 5.21. The molecule has 2 spiro atoms. The number of Topliss-reactive ketones (excluding diaryl/α,β-unsaturated/α-hetero) is 1. The number of rotatable bonds is 2. The first kappa shape index (κ1) is 20.7. The Labute approximate surface area is 197 Å². The van der Waals surface area contributed by atoms with Gasteiger partial charge in [-0.2, -0.15) is 0 Å². The van der Waals surface area contributed by atoms with Crippen LogP contribution < -0.4 is 14.4 Å². The molecule has 172 valence electrons. The Morgan fingerprint density at radius 2 is 1.76 bits per heavy atom. The van der Waals surface area contributed by atoms with Gasteiger partial charge in [-0.1, -0.05) is 30.3 Å². The zero-order valence-electron chi connectivity index (χ0n) is 19.1. The van der Waals surface area contributed by atoms with Gasteiger partial charge in [-0.15, -0.1) is 0 Å². The molecule has 1 N–H and O–H groups in total. The number of phenols is 1. The molecule has 3 aromatic rings. The lowest BCUT2D eigenvalue weighted by Gasteiger charge is -2.42. The standard InChI is InChI=1S/C27H24N2O5/c1-28-15-21(16-8-11-18(33-3)12-9-16)27(24(31)19-13-10-17(30)14-23(19)34-27)26(28)20-6-4-5-7-22(20)29(2)25(26)32/h4-14,21,30H,15H2,1-3H3/t21-,26+,27-/m0/s1. The van der Waals surface area contributed by atoms with Gasteiger partial charge >= 0.3 is 0 Å². The monoisotopic (exact) mass is 456 g/mol. The smallest absolute Gasteiger partial charge is 0.256 e. The number of likely N-dealkylation sites (tertiary alicyclic amines) is 1. The number of para-hydroxylation sites is 1.